The maximum atomic E-state index is 7.01. The van der Waals surface area contributed by atoms with Gasteiger partial charge in [0.05, 0.1) is 5.69 Å². The van der Waals surface area contributed by atoms with Crippen molar-refractivity contribution in [3.05, 3.63) is 164 Å². The van der Waals surface area contributed by atoms with Gasteiger partial charge in [-0.25, -0.2) is 0 Å². The van der Waals surface area contributed by atoms with Gasteiger partial charge in [-0.15, -0.1) is 0 Å². The maximum Gasteiger partial charge on any atom is 0.160 e. The van der Waals surface area contributed by atoms with E-state index in [2.05, 4.69) is 144 Å². The Bertz CT molecular complexity index is 2750. The van der Waals surface area contributed by atoms with Gasteiger partial charge in [-0.2, -0.15) is 0 Å². The second kappa shape index (κ2) is 10.1. The fourth-order valence-corrected chi connectivity index (χ4v) is 7.41. The monoisotopic (exact) mass is 601 g/mol. The van der Waals surface area contributed by atoms with Crippen LogP contribution < -0.4 is 4.90 Å². The highest BCUT2D eigenvalue weighted by Crippen LogP contribution is 2.50. The molecule has 220 valence electrons. The molecule has 10 rings (SSSR count). The lowest BCUT2D eigenvalue weighted by Crippen LogP contribution is -2.11. The van der Waals surface area contributed by atoms with Crippen molar-refractivity contribution in [1.29, 1.82) is 0 Å². The minimum absolute atomic E-state index is 0.834. The topological polar surface area (TPSA) is 29.5 Å². The van der Waals surface area contributed by atoms with E-state index in [1.165, 1.54) is 21.5 Å². The van der Waals surface area contributed by atoms with Crippen LogP contribution in [-0.4, -0.2) is 0 Å². The van der Waals surface area contributed by atoms with Crippen molar-refractivity contribution >= 4 is 82.5 Å². The molecule has 2 heterocycles. The number of furan rings is 2. The standard InChI is InChI=1S/C44H27NO2/c1-3-14-29(15-4-1)45(30-16-5-2-6-17-30)43-34(37-27-28-13-7-8-18-31(28)32-19-9-10-20-33(32)37)23-24-36-42-40(47-44(36)43)26-25-39-41(42)35-21-11-12-22-38(35)46-39/h1-27H. The molecule has 0 bridgehead atoms. The Morgan fingerprint density at radius 3 is 1.68 bits per heavy atom. The van der Waals surface area contributed by atoms with Crippen LogP contribution in [0.25, 0.3) is 76.5 Å². The molecule has 0 aliphatic carbocycles. The molecule has 0 saturated heterocycles. The molecule has 0 saturated carbocycles. The largest absolute Gasteiger partial charge is 0.456 e. The Kier molecular flexibility index (Phi) is 5.57. The van der Waals surface area contributed by atoms with Gasteiger partial charge in [0.1, 0.15) is 16.7 Å². The molecule has 0 spiro atoms. The third kappa shape index (κ3) is 3.87. The van der Waals surface area contributed by atoms with Gasteiger partial charge in [-0.05, 0) is 81.7 Å². The lowest BCUT2D eigenvalue weighted by Gasteiger charge is -2.28. The van der Waals surface area contributed by atoms with Crippen molar-refractivity contribution in [2.45, 2.75) is 0 Å². The number of rotatable bonds is 4. The highest BCUT2D eigenvalue weighted by Gasteiger charge is 2.26. The van der Waals surface area contributed by atoms with Crippen molar-refractivity contribution in [3.8, 4) is 11.1 Å². The van der Waals surface area contributed by atoms with Gasteiger partial charge in [0.25, 0.3) is 0 Å². The number of nitrogens with zero attached hydrogens (tertiary/aromatic N) is 1. The fourth-order valence-electron chi connectivity index (χ4n) is 7.41. The second-order valence-electron chi connectivity index (χ2n) is 12.0. The number of hydrogen-bond donors (Lipinski definition) is 0. The predicted octanol–water partition coefficient (Wildman–Crippen LogP) is 12.9. The van der Waals surface area contributed by atoms with Gasteiger partial charge >= 0.3 is 0 Å². The summed E-state index contributed by atoms with van der Waals surface area (Å²) in [7, 11) is 0. The molecule has 0 N–H and O–H groups in total. The third-order valence-electron chi connectivity index (χ3n) is 9.43. The summed E-state index contributed by atoms with van der Waals surface area (Å²) in [6, 6.07) is 57.7. The molecule has 8 aromatic carbocycles. The Morgan fingerprint density at radius 1 is 0.362 bits per heavy atom. The van der Waals surface area contributed by atoms with Crippen LogP contribution in [0.3, 0.4) is 0 Å². The van der Waals surface area contributed by atoms with Gasteiger partial charge in [0.2, 0.25) is 0 Å². The van der Waals surface area contributed by atoms with Crippen LogP contribution in [-0.2, 0) is 0 Å². The molecule has 0 atom stereocenters. The Morgan fingerprint density at radius 2 is 0.936 bits per heavy atom. The predicted molar refractivity (Wildman–Crippen MR) is 196 cm³/mol. The molecule has 0 unspecified atom stereocenters. The smallest absolute Gasteiger partial charge is 0.160 e. The van der Waals surface area contributed by atoms with E-state index in [0.717, 1.165) is 72.1 Å². The van der Waals surface area contributed by atoms with Crippen LogP contribution in [0.1, 0.15) is 0 Å². The first-order valence-corrected chi connectivity index (χ1v) is 15.9. The van der Waals surface area contributed by atoms with Gasteiger partial charge in [0.15, 0.2) is 5.58 Å². The second-order valence-corrected chi connectivity index (χ2v) is 12.0. The van der Waals surface area contributed by atoms with Crippen LogP contribution in [0, 0.1) is 0 Å². The minimum atomic E-state index is 0.834. The first kappa shape index (κ1) is 26.0. The zero-order valence-electron chi connectivity index (χ0n) is 25.4. The van der Waals surface area contributed by atoms with Crippen molar-refractivity contribution in [3.63, 3.8) is 0 Å². The molecule has 3 heteroatoms. The van der Waals surface area contributed by atoms with E-state index in [-0.39, 0.29) is 0 Å². The Balaban J connectivity index is 1.40. The summed E-state index contributed by atoms with van der Waals surface area (Å²) in [5.74, 6) is 0. The van der Waals surface area contributed by atoms with Crippen molar-refractivity contribution in [2.24, 2.45) is 0 Å². The summed E-state index contributed by atoms with van der Waals surface area (Å²) in [5.41, 5.74) is 8.76. The number of benzene rings is 8. The van der Waals surface area contributed by atoms with Crippen LogP contribution in [0.5, 0.6) is 0 Å². The molecule has 0 amide bonds. The summed E-state index contributed by atoms with van der Waals surface area (Å²) in [6.07, 6.45) is 0. The Labute approximate surface area is 270 Å². The van der Waals surface area contributed by atoms with E-state index in [9.17, 15) is 0 Å². The normalized spacial score (nSPS) is 11.8. The van der Waals surface area contributed by atoms with Crippen molar-refractivity contribution in [2.75, 3.05) is 4.90 Å². The van der Waals surface area contributed by atoms with Crippen molar-refractivity contribution in [1.82, 2.24) is 0 Å². The molecule has 0 aliphatic heterocycles. The number of para-hydroxylation sites is 3. The minimum Gasteiger partial charge on any atom is -0.456 e. The molecular formula is C44H27NO2. The van der Waals surface area contributed by atoms with Crippen LogP contribution in [0.2, 0.25) is 0 Å². The lowest BCUT2D eigenvalue weighted by atomic mass is 9.91. The van der Waals surface area contributed by atoms with E-state index >= 15 is 0 Å². The molecule has 0 aliphatic rings. The van der Waals surface area contributed by atoms with Gasteiger partial charge in [0, 0.05) is 38.5 Å². The lowest BCUT2D eigenvalue weighted by molar-refractivity contribution is 0.663. The summed E-state index contributed by atoms with van der Waals surface area (Å²) < 4.78 is 13.3. The number of hydrogen-bond acceptors (Lipinski definition) is 3. The van der Waals surface area contributed by atoms with E-state index in [1.54, 1.807) is 0 Å². The highest BCUT2D eigenvalue weighted by molar-refractivity contribution is 6.28. The SMILES string of the molecule is c1ccc(N(c2ccccc2)c2c(-c3cc4ccccc4c4ccccc34)ccc3c2oc2ccc4oc5ccccc5c4c23)cc1. The number of anilines is 3. The molecule has 3 nitrogen and oxygen atoms in total. The summed E-state index contributed by atoms with van der Waals surface area (Å²) in [5, 5.41) is 9.17. The molecule has 2 aromatic heterocycles. The summed E-state index contributed by atoms with van der Waals surface area (Å²) in [6.45, 7) is 0. The van der Waals surface area contributed by atoms with Gasteiger partial charge in [-0.1, -0.05) is 109 Å². The fraction of sp³-hybridized carbons (Fsp3) is 0. The van der Waals surface area contributed by atoms with Gasteiger partial charge in [-0.3, -0.25) is 0 Å². The van der Waals surface area contributed by atoms with Crippen LogP contribution in [0.15, 0.2) is 173 Å². The molecule has 10 aromatic rings. The van der Waals surface area contributed by atoms with Crippen LogP contribution in [0.4, 0.5) is 17.1 Å². The summed E-state index contributed by atoms with van der Waals surface area (Å²) >= 11 is 0. The average molecular weight is 602 g/mol. The van der Waals surface area contributed by atoms with Crippen molar-refractivity contribution < 1.29 is 8.83 Å². The first-order chi connectivity index (χ1) is 23.3. The average Bonchev–Trinajstić information content (AvgIpc) is 3.71. The van der Waals surface area contributed by atoms with Gasteiger partial charge < -0.3 is 13.7 Å². The first-order valence-electron chi connectivity index (χ1n) is 15.9. The molecule has 47 heavy (non-hydrogen) atoms. The Hall–Kier alpha value is -6.32. The number of fused-ring (bicyclic) bond motifs is 10. The zero-order chi connectivity index (χ0) is 30.9. The molecule has 0 radical (unpaired) electrons. The maximum absolute atomic E-state index is 7.01. The van der Waals surface area contributed by atoms with E-state index < -0.39 is 0 Å². The highest BCUT2D eigenvalue weighted by atomic mass is 16.3. The molecule has 0 fully saturated rings. The van der Waals surface area contributed by atoms with E-state index in [1.807, 2.05) is 24.3 Å². The molecular weight excluding hydrogens is 574 g/mol. The van der Waals surface area contributed by atoms with Crippen LogP contribution >= 0.6 is 0 Å². The zero-order valence-corrected chi connectivity index (χ0v) is 25.4. The third-order valence-corrected chi connectivity index (χ3v) is 9.43. The van der Waals surface area contributed by atoms with E-state index in [0.29, 0.717) is 0 Å². The summed E-state index contributed by atoms with van der Waals surface area (Å²) in [4.78, 5) is 2.34. The van der Waals surface area contributed by atoms with E-state index in [4.69, 9.17) is 8.83 Å². The quantitative estimate of drug-likeness (QED) is 0.188.